The normalized spacial score (nSPS) is 11.0. The number of aryl methyl sites for hydroxylation is 1. The van der Waals surface area contributed by atoms with Crippen LogP contribution >= 0.6 is 11.3 Å². The molecule has 3 heterocycles. The lowest BCUT2D eigenvalue weighted by atomic mass is 10.2. The van der Waals surface area contributed by atoms with Crippen LogP contribution in [0, 0.1) is 6.92 Å². The number of hydrogen-bond donors (Lipinski definition) is 1. The van der Waals surface area contributed by atoms with Crippen molar-refractivity contribution in [3.63, 3.8) is 0 Å². The lowest BCUT2D eigenvalue weighted by Crippen LogP contribution is -2.23. The number of pyridine rings is 1. The maximum Gasteiger partial charge on any atom is 0.253 e. The Labute approximate surface area is 127 Å². The number of amides is 1. The van der Waals surface area contributed by atoms with E-state index in [1.807, 2.05) is 54.1 Å². The van der Waals surface area contributed by atoms with Gasteiger partial charge in [-0.05, 0) is 31.5 Å². The fraction of sp³-hybridized carbons (Fsp3) is 0.250. The Morgan fingerprint density at radius 1 is 1.43 bits per heavy atom. The summed E-state index contributed by atoms with van der Waals surface area (Å²) in [6.45, 7) is 4.72. The molecule has 0 saturated carbocycles. The third kappa shape index (κ3) is 2.56. The molecule has 0 aliphatic rings. The van der Waals surface area contributed by atoms with Crippen molar-refractivity contribution >= 4 is 22.8 Å². The van der Waals surface area contributed by atoms with Crippen LogP contribution in [0.5, 0.6) is 0 Å². The highest BCUT2D eigenvalue weighted by Gasteiger charge is 2.16. The van der Waals surface area contributed by atoms with Crippen molar-refractivity contribution in [3.05, 3.63) is 46.4 Å². The number of carbonyl (C=O) groups excluding carboxylic acids is 1. The third-order valence-corrected chi connectivity index (χ3v) is 4.11. The van der Waals surface area contributed by atoms with Gasteiger partial charge in [-0.1, -0.05) is 13.0 Å². The van der Waals surface area contributed by atoms with E-state index in [0.29, 0.717) is 12.1 Å². The van der Waals surface area contributed by atoms with Crippen LogP contribution in [0.2, 0.25) is 0 Å². The minimum absolute atomic E-state index is 0.0289. The second-order valence-corrected chi connectivity index (χ2v) is 5.97. The van der Waals surface area contributed by atoms with Crippen LogP contribution in [0.1, 0.15) is 28.7 Å². The number of thiazole rings is 1. The van der Waals surface area contributed by atoms with Crippen LogP contribution in [0.15, 0.2) is 35.8 Å². The van der Waals surface area contributed by atoms with Crippen molar-refractivity contribution in [2.24, 2.45) is 0 Å². The molecule has 0 fully saturated rings. The molecule has 3 aromatic heterocycles. The summed E-state index contributed by atoms with van der Waals surface area (Å²) < 4.78 is 2.02. The first-order valence-electron chi connectivity index (χ1n) is 7.01. The average molecular weight is 299 g/mol. The molecule has 0 aliphatic carbocycles. The molecule has 0 unspecified atom stereocenters. The van der Waals surface area contributed by atoms with E-state index in [1.54, 1.807) is 11.3 Å². The van der Waals surface area contributed by atoms with Gasteiger partial charge < -0.3 is 9.72 Å². The summed E-state index contributed by atoms with van der Waals surface area (Å²) in [7, 11) is 0. The first kappa shape index (κ1) is 13.8. The summed E-state index contributed by atoms with van der Waals surface area (Å²) in [5.41, 5.74) is 3.47. The van der Waals surface area contributed by atoms with Crippen molar-refractivity contribution in [2.75, 3.05) is 6.54 Å². The van der Waals surface area contributed by atoms with E-state index in [9.17, 15) is 4.79 Å². The summed E-state index contributed by atoms with van der Waals surface area (Å²) in [5.74, 6) is -0.0289. The van der Waals surface area contributed by atoms with E-state index in [2.05, 4.69) is 10.3 Å². The highest BCUT2D eigenvalue weighted by atomic mass is 32.1. The summed E-state index contributed by atoms with van der Waals surface area (Å²) in [4.78, 5) is 16.9. The number of nitrogens with zero attached hydrogens (tertiary/aromatic N) is 2. The second kappa shape index (κ2) is 5.69. The van der Waals surface area contributed by atoms with Gasteiger partial charge in [-0.25, -0.2) is 4.98 Å². The Bertz CT molecular complexity index is 788. The molecule has 3 rings (SSSR count). The standard InChI is InChI=1S/C16H17N3OS/c1-3-7-17-16(20)12-9-15(13-10-21-11(2)18-13)19-8-5-4-6-14(12)19/h4-6,8-10H,3,7H2,1-2H3,(H,17,20). The predicted molar refractivity (Wildman–Crippen MR) is 85.9 cm³/mol. The number of fused-ring (bicyclic) bond motifs is 1. The van der Waals surface area contributed by atoms with E-state index >= 15 is 0 Å². The third-order valence-electron chi connectivity index (χ3n) is 3.34. The maximum absolute atomic E-state index is 12.3. The highest BCUT2D eigenvalue weighted by molar-refractivity contribution is 7.09. The van der Waals surface area contributed by atoms with Gasteiger partial charge in [-0.2, -0.15) is 0 Å². The highest BCUT2D eigenvalue weighted by Crippen LogP contribution is 2.27. The van der Waals surface area contributed by atoms with E-state index in [4.69, 9.17) is 0 Å². The van der Waals surface area contributed by atoms with E-state index < -0.39 is 0 Å². The lowest BCUT2D eigenvalue weighted by Gasteiger charge is -2.02. The van der Waals surface area contributed by atoms with Gasteiger partial charge in [-0.3, -0.25) is 4.79 Å². The van der Waals surface area contributed by atoms with Gasteiger partial charge in [0.25, 0.3) is 5.91 Å². The number of nitrogens with one attached hydrogen (secondary N) is 1. The molecule has 0 aromatic carbocycles. The molecule has 1 amide bonds. The molecule has 0 bridgehead atoms. The van der Waals surface area contributed by atoms with Crippen LogP contribution in [0.4, 0.5) is 0 Å². The first-order valence-corrected chi connectivity index (χ1v) is 7.89. The molecular formula is C16H17N3OS. The monoisotopic (exact) mass is 299 g/mol. The molecule has 5 heteroatoms. The Morgan fingerprint density at radius 3 is 3.00 bits per heavy atom. The van der Waals surface area contributed by atoms with Gasteiger partial charge in [0.15, 0.2) is 0 Å². The number of carbonyl (C=O) groups is 1. The van der Waals surface area contributed by atoms with Gasteiger partial charge in [0.2, 0.25) is 0 Å². The van der Waals surface area contributed by atoms with Crippen molar-refractivity contribution in [3.8, 4) is 11.4 Å². The molecule has 108 valence electrons. The predicted octanol–water partition coefficient (Wildman–Crippen LogP) is 3.51. The second-order valence-electron chi connectivity index (χ2n) is 4.91. The molecule has 4 nitrogen and oxygen atoms in total. The Balaban J connectivity index is 2.12. The molecule has 0 spiro atoms. The summed E-state index contributed by atoms with van der Waals surface area (Å²) in [5, 5.41) is 5.99. The zero-order valence-electron chi connectivity index (χ0n) is 12.1. The van der Waals surface area contributed by atoms with Gasteiger partial charge in [0.05, 0.1) is 27.5 Å². The van der Waals surface area contributed by atoms with Crippen molar-refractivity contribution < 1.29 is 4.79 Å². The summed E-state index contributed by atoms with van der Waals surface area (Å²) in [6, 6.07) is 7.80. The first-order chi connectivity index (χ1) is 10.2. The van der Waals surface area contributed by atoms with Gasteiger partial charge in [0, 0.05) is 18.1 Å². The summed E-state index contributed by atoms with van der Waals surface area (Å²) in [6.07, 6.45) is 2.89. The Kier molecular flexibility index (Phi) is 3.75. The fourth-order valence-electron chi connectivity index (χ4n) is 2.35. The number of aromatic nitrogens is 2. The van der Waals surface area contributed by atoms with Crippen LogP contribution in [0.25, 0.3) is 16.9 Å². The molecule has 3 aromatic rings. The molecule has 21 heavy (non-hydrogen) atoms. The van der Waals surface area contributed by atoms with Gasteiger partial charge in [-0.15, -0.1) is 11.3 Å². The zero-order chi connectivity index (χ0) is 14.8. The topological polar surface area (TPSA) is 46.4 Å². The molecule has 0 atom stereocenters. The average Bonchev–Trinajstić information content (AvgIpc) is 3.08. The fourth-order valence-corrected chi connectivity index (χ4v) is 2.95. The smallest absolute Gasteiger partial charge is 0.253 e. The Morgan fingerprint density at radius 2 is 2.29 bits per heavy atom. The van der Waals surface area contributed by atoms with Gasteiger partial charge in [0.1, 0.15) is 0 Å². The van der Waals surface area contributed by atoms with E-state index in [1.165, 1.54) is 0 Å². The van der Waals surface area contributed by atoms with Gasteiger partial charge >= 0.3 is 0 Å². The maximum atomic E-state index is 12.3. The number of rotatable bonds is 4. The van der Waals surface area contributed by atoms with Crippen LogP contribution in [0.3, 0.4) is 0 Å². The van der Waals surface area contributed by atoms with Crippen molar-refractivity contribution in [2.45, 2.75) is 20.3 Å². The van der Waals surface area contributed by atoms with E-state index in [0.717, 1.165) is 28.3 Å². The van der Waals surface area contributed by atoms with Crippen molar-refractivity contribution in [1.29, 1.82) is 0 Å². The largest absolute Gasteiger partial charge is 0.352 e. The minimum atomic E-state index is -0.0289. The van der Waals surface area contributed by atoms with E-state index in [-0.39, 0.29) is 5.91 Å². The lowest BCUT2D eigenvalue weighted by molar-refractivity contribution is 0.0955. The molecule has 0 radical (unpaired) electrons. The summed E-state index contributed by atoms with van der Waals surface area (Å²) >= 11 is 1.61. The SMILES string of the molecule is CCCNC(=O)c1cc(-c2csc(C)n2)n2ccccc12. The molecule has 0 aliphatic heterocycles. The minimum Gasteiger partial charge on any atom is -0.352 e. The molecule has 1 N–H and O–H groups in total. The molecular weight excluding hydrogens is 282 g/mol. The number of hydrogen-bond acceptors (Lipinski definition) is 3. The van der Waals surface area contributed by atoms with Crippen LogP contribution < -0.4 is 5.32 Å². The van der Waals surface area contributed by atoms with Crippen molar-refractivity contribution in [1.82, 2.24) is 14.7 Å². The zero-order valence-corrected chi connectivity index (χ0v) is 12.9. The van der Waals surface area contributed by atoms with Crippen LogP contribution in [-0.2, 0) is 0 Å². The molecule has 0 saturated heterocycles. The Hall–Kier alpha value is -2.14. The van der Waals surface area contributed by atoms with Crippen LogP contribution in [-0.4, -0.2) is 21.8 Å². The quantitative estimate of drug-likeness (QED) is 0.801.